The number of nitrogen functional groups attached to an aromatic ring is 1. The molecule has 106 valence electrons. The molecule has 0 bridgehead atoms. The van der Waals surface area contributed by atoms with Gasteiger partial charge in [-0.3, -0.25) is 0 Å². The molecule has 2 aromatic carbocycles. The van der Waals surface area contributed by atoms with Gasteiger partial charge in [0, 0.05) is 11.3 Å². The Morgan fingerprint density at radius 1 is 1.10 bits per heavy atom. The van der Waals surface area contributed by atoms with Gasteiger partial charge in [0.2, 0.25) is 5.82 Å². The minimum atomic E-state index is -0.241. The second kappa shape index (κ2) is 4.82. The molecule has 0 saturated carbocycles. The predicted octanol–water partition coefficient (Wildman–Crippen LogP) is 2.71. The molecule has 1 aromatic heterocycles. The Morgan fingerprint density at radius 3 is 2.62 bits per heavy atom. The van der Waals surface area contributed by atoms with Crippen LogP contribution < -0.4 is 5.73 Å². The molecule has 0 unspecified atom stereocenters. The molecule has 6 nitrogen and oxygen atoms in total. The summed E-state index contributed by atoms with van der Waals surface area (Å²) in [5.74, 6) is 0.177. The zero-order valence-electron chi connectivity index (χ0n) is 11.2. The van der Waals surface area contributed by atoms with Crippen LogP contribution in [0, 0.1) is 6.92 Å². The normalized spacial score (nSPS) is 10.7. The number of nitrogens with two attached hydrogens (primary N) is 1. The van der Waals surface area contributed by atoms with Crippen LogP contribution in [-0.2, 0) is 0 Å². The maximum atomic E-state index is 9.52. The number of aromatic hydroxyl groups is 2. The van der Waals surface area contributed by atoms with Crippen LogP contribution in [0.15, 0.2) is 40.9 Å². The molecule has 0 aliphatic heterocycles. The van der Waals surface area contributed by atoms with E-state index < -0.39 is 0 Å². The first-order valence-corrected chi connectivity index (χ1v) is 6.28. The maximum absolute atomic E-state index is 9.52. The number of aromatic nitrogens is 2. The highest BCUT2D eigenvalue weighted by Crippen LogP contribution is 2.32. The summed E-state index contributed by atoms with van der Waals surface area (Å²) in [6.45, 7) is 1.90. The van der Waals surface area contributed by atoms with Gasteiger partial charge in [-0.05, 0) is 36.8 Å². The molecule has 0 fully saturated rings. The van der Waals surface area contributed by atoms with Crippen LogP contribution >= 0.6 is 0 Å². The quantitative estimate of drug-likeness (QED) is 0.493. The summed E-state index contributed by atoms with van der Waals surface area (Å²) in [7, 11) is 0. The largest absolute Gasteiger partial charge is 0.504 e. The highest BCUT2D eigenvalue weighted by Gasteiger charge is 2.15. The number of phenols is 2. The van der Waals surface area contributed by atoms with Gasteiger partial charge in [-0.2, -0.15) is 4.98 Å². The van der Waals surface area contributed by atoms with Crippen molar-refractivity contribution in [2.45, 2.75) is 6.92 Å². The summed E-state index contributed by atoms with van der Waals surface area (Å²) < 4.78 is 5.25. The van der Waals surface area contributed by atoms with Crippen molar-refractivity contribution in [3.8, 4) is 34.3 Å². The van der Waals surface area contributed by atoms with Crippen LogP contribution in [0.1, 0.15) is 5.56 Å². The Balaban J connectivity index is 2.06. The van der Waals surface area contributed by atoms with Crippen molar-refractivity contribution < 1.29 is 14.7 Å². The standard InChI is InChI=1S/C15H13N3O3/c1-8-3-2-4-10(16)13(8)15-17-14(18-21-15)9-5-6-11(19)12(20)7-9/h2-7,19-20H,16H2,1H3. The van der Waals surface area contributed by atoms with E-state index in [0.717, 1.165) is 5.56 Å². The van der Waals surface area contributed by atoms with Crippen LogP contribution in [0.2, 0.25) is 0 Å². The van der Waals surface area contributed by atoms with Crippen molar-refractivity contribution in [1.82, 2.24) is 10.1 Å². The molecule has 0 aliphatic rings. The molecule has 0 saturated heterocycles. The van der Waals surface area contributed by atoms with Crippen molar-refractivity contribution in [2.75, 3.05) is 5.73 Å². The van der Waals surface area contributed by atoms with Crippen molar-refractivity contribution in [2.24, 2.45) is 0 Å². The van der Waals surface area contributed by atoms with Crippen molar-refractivity contribution >= 4 is 5.69 Å². The number of hydrogen-bond acceptors (Lipinski definition) is 6. The molecule has 3 rings (SSSR count). The van der Waals surface area contributed by atoms with Gasteiger partial charge < -0.3 is 20.5 Å². The number of phenolic OH excluding ortho intramolecular Hbond substituents is 2. The third kappa shape index (κ3) is 2.27. The number of benzene rings is 2. The minimum Gasteiger partial charge on any atom is -0.504 e. The number of nitrogens with zero attached hydrogens (tertiary/aromatic N) is 2. The van der Waals surface area contributed by atoms with Crippen molar-refractivity contribution in [3.05, 3.63) is 42.0 Å². The Hall–Kier alpha value is -3.02. The Labute approximate surface area is 120 Å². The van der Waals surface area contributed by atoms with Gasteiger partial charge in [0.05, 0.1) is 5.56 Å². The summed E-state index contributed by atoms with van der Waals surface area (Å²) >= 11 is 0. The molecular formula is C15H13N3O3. The minimum absolute atomic E-state index is 0.203. The van der Waals surface area contributed by atoms with E-state index in [2.05, 4.69) is 10.1 Å². The van der Waals surface area contributed by atoms with E-state index in [-0.39, 0.29) is 11.5 Å². The van der Waals surface area contributed by atoms with Gasteiger partial charge in [0.1, 0.15) is 0 Å². The lowest BCUT2D eigenvalue weighted by Crippen LogP contribution is -1.92. The van der Waals surface area contributed by atoms with E-state index in [1.807, 2.05) is 19.1 Å². The zero-order chi connectivity index (χ0) is 15.0. The topological polar surface area (TPSA) is 105 Å². The van der Waals surface area contributed by atoms with Gasteiger partial charge in [0.15, 0.2) is 11.5 Å². The second-order valence-electron chi connectivity index (χ2n) is 4.67. The Kier molecular flexibility index (Phi) is 2.98. The zero-order valence-corrected chi connectivity index (χ0v) is 11.2. The average Bonchev–Trinajstić information content (AvgIpc) is 2.91. The fraction of sp³-hybridized carbons (Fsp3) is 0.0667. The van der Waals surface area contributed by atoms with Gasteiger partial charge in [-0.1, -0.05) is 17.3 Å². The molecule has 4 N–H and O–H groups in total. The van der Waals surface area contributed by atoms with Crippen LogP contribution in [0.4, 0.5) is 5.69 Å². The van der Waals surface area contributed by atoms with Crippen LogP contribution in [-0.4, -0.2) is 20.4 Å². The monoisotopic (exact) mass is 283 g/mol. The summed E-state index contributed by atoms with van der Waals surface area (Å²) in [6.07, 6.45) is 0. The highest BCUT2D eigenvalue weighted by molar-refractivity contribution is 5.74. The molecule has 0 amide bonds. The first-order chi connectivity index (χ1) is 10.1. The summed E-state index contributed by atoms with van der Waals surface area (Å²) in [5, 5.41) is 22.7. The number of rotatable bonds is 2. The summed E-state index contributed by atoms with van der Waals surface area (Å²) in [4.78, 5) is 4.29. The molecule has 21 heavy (non-hydrogen) atoms. The summed E-state index contributed by atoms with van der Waals surface area (Å²) in [5.41, 5.74) is 8.66. The first-order valence-electron chi connectivity index (χ1n) is 6.28. The fourth-order valence-electron chi connectivity index (χ4n) is 2.09. The lowest BCUT2D eigenvalue weighted by Gasteiger charge is -2.03. The lowest BCUT2D eigenvalue weighted by atomic mass is 10.1. The smallest absolute Gasteiger partial charge is 0.260 e. The molecule has 0 aliphatic carbocycles. The molecule has 0 radical (unpaired) electrons. The molecule has 3 aromatic rings. The SMILES string of the molecule is Cc1cccc(N)c1-c1nc(-c2ccc(O)c(O)c2)no1. The first kappa shape index (κ1) is 13.0. The van der Waals surface area contributed by atoms with E-state index in [1.165, 1.54) is 12.1 Å². The van der Waals surface area contributed by atoms with Crippen molar-refractivity contribution in [1.29, 1.82) is 0 Å². The predicted molar refractivity (Wildman–Crippen MR) is 77.6 cm³/mol. The van der Waals surface area contributed by atoms with Gasteiger partial charge in [-0.25, -0.2) is 0 Å². The number of hydrogen-bond donors (Lipinski definition) is 3. The number of anilines is 1. The maximum Gasteiger partial charge on any atom is 0.260 e. The van der Waals surface area contributed by atoms with Gasteiger partial charge in [0.25, 0.3) is 5.89 Å². The van der Waals surface area contributed by atoms with E-state index in [4.69, 9.17) is 10.3 Å². The van der Waals surface area contributed by atoms with Crippen LogP contribution in [0.25, 0.3) is 22.8 Å². The van der Waals surface area contributed by atoms with E-state index in [0.29, 0.717) is 28.5 Å². The van der Waals surface area contributed by atoms with Crippen LogP contribution in [0.5, 0.6) is 11.5 Å². The van der Waals surface area contributed by atoms with Crippen molar-refractivity contribution in [3.63, 3.8) is 0 Å². The lowest BCUT2D eigenvalue weighted by molar-refractivity contribution is 0.404. The third-order valence-electron chi connectivity index (χ3n) is 3.18. The molecule has 0 atom stereocenters. The molecular weight excluding hydrogens is 270 g/mol. The Morgan fingerprint density at radius 2 is 1.90 bits per heavy atom. The molecule has 0 spiro atoms. The van der Waals surface area contributed by atoms with Gasteiger partial charge in [-0.15, -0.1) is 0 Å². The van der Waals surface area contributed by atoms with Crippen LogP contribution in [0.3, 0.4) is 0 Å². The average molecular weight is 283 g/mol. The summed E-state index contributed by atoms with van der Waals surface area (Å²) in [6, 6.07) is 9.84. The fourth-order valence-corrected chi connectivity index (χ4v) is 2.09. The second-order valence-corrected chi connectivity index (χ2v) is 4.67. The molecule has 6 heteroatoms. The Bertz CT molecular complexity index is 791. The third-order valence-corrected chi connectivity index (χ3v) is 3.18. The van der Waals surface area contributed by atoms with E-state index in [9.17, 15) is 10.2 Å². The van der Waals surface area contributed by atoms with Gasteiger partial charge >= 0.3 is 0 Å². The highest BCUT2D eigenvalue weighted by atomic mass is 16.5. The van der Waals surface area contributed by atoms with E-state index >= 15 is 0 Å². The molecule has 1 heterocycles. The van der Waals surface area contributed by atoms with E-state index in [1.54, 1.807) is 12.1 Å². The number of aryl methyl sites for hydroxylation is 1.